The fourth-order valence-corrected chi connectivity index (χ4v) is 2.69. The Morgan fingerprint density at radius 3 is 2.48 bits per heavy atom. The van der Waals surface area contributed by atoms with Crippen molar-refractivity contribution in [2.45, 2.75) is 6.92 Å². The SMILES string of the molecule is COc1ccc(C=NNC(=O)c2oc(-c3ccccc3OC)nc2C)cc1OC. The molecule has 0 saturated heterocycles. The number of carbonyl (C=O) groups is 1. The summed E-state index contributed by atoms with van der Waals surface area (Å²) in [5, 5.41) is 3.97. The molecule has 8 nitrogen and oxygen atoms in total. The number of amides is 1. The molecule has 0 aliphatic rings. The van der Waals surface area contributed by atoms with E-state index in [1.807, 2.05) is 12.1 Å². The average Bonchev–Trinajstić information content (AvgIpc) is 3.15. The number of nitrogens with zero attached hydrogens (tertiary/aromatic N) is 2. The van der Waals surface area contributed by atoms with Crippen LogP contribution in [0.5, 0.6) is 17.2 Å². The molecule has 0 bridgehead atoms. The fraction of sp³-hybridized carbons (Fsp3) is 0.190. The molecule has 8 heteroatoms. The van der Waals surface area contributed by atoms with Gasteiger partial charge in [0.25, 0.3) is 0 Å². The largest absolute Gasteiger partial charge is 0.496 e. The van der Waals surface area contributed by atoms with Crippen LogP contribution in [0.25, 0.3) is 11.5 Å². The minimum atomic E-state index is -0.507. The van der Waals surface area contributed by atoms with Crippen molar-refractivity contribution >= 4 is 12.1 Å². The molecule has 0 atom stereocenters. The van der Waals surface area contributed by atoms with Crippen LogP contribution in [-0.4, -0.2) is 38.4 Å². The molecule has 3 rings (SSSR count). The first kappa shape index (κ1) is 19.9. The van der Waals surface area contributed by atoms with E-state index in [1.54, 1.807) is 58.6 Å². The Labute approximate surface area is 168 Å². The van der Waals surface area contributed by atoms with E-state index in [9.17, 15) is 4.79 Å². The van der Waals surface area contributed by atoms with Gasteiger partial charge in [0.1, 0.15) is 5.75 Å². The maximum Gasteiger partial charge on any atom is 0.309 e. The number of aromatic nitrogens is 1. The van der Waals surface area contributed by atoms with Crippen LogP contribution in [0.2, 0.25) is 0 Å². The highest BCUT2D eigenvalue weighted by Crippen LogP contribution is 2.30. The first-order chi connectivity index (χ1) is 14.1. The molecule has 0 aliphatic heterocycles. The number of methoxy groups -OCH3 is 3. The Morgan fingerprint density at radius 1 is 1.03 bits per heavy atom. The lowest BCUT2D eigenvalue weighted by molar-refractivity contribution is 0.0927. The van der Waals surface area contributed by atoms with Crippen molar-refractivity contribution in [1.82, 2.24) is 10.4 Å². The summed E-state index contributed by atoms with van der Waals surface area (Å²) in [6.45, 7) is 1.69. The maximum absolute atomic E-state index is 12.4. The number of oxazole rings is 1. The molecule has 0 spiro atoms. The minimum absolute atomic E-state index is 0.0790. The number of hydrazone groups is 1. The Kier molecular flexibility index (Phi) is 6.13. The van der Waals surface area contributed by atoms with E-state index in [4.69, 9.17) is 18.6 Å². The highest BCUT2D eigenvalue weighted by atomic mass is 16.5. The van der Waals surface area contributed by atoms with Gasteiger partial charge in [-0.1, -0.05) is 12.1 Å². The number of rotatable bonds is 7. The van der Waals surface area contributed by atoms with E-state index >= 15 is 0 Å². The van der Waals surface area contributed by atoms with E-state index in [2.05, 4.69) is 15.5 Å². The second-order valence-corrected chi connectivity index (χ2v) is 5.95. The molecule has 1 amide bonds. The molecular weight excluding hydrogens is 374 g/mol. The normalized spacial score (nSPS) is 10.8. The molecule has 150 valence electrons. The number of ether oxygens (including phenoxy) is 3. The van der Waals surface area contributed by atoms with Gasteiger partial charge >= 0.3 is 5.91 Å². The van der Waals surface area contributed by atoms with Crippen LogP contribution in [0.15, 0.2) is 52.0 Å². The lowest BCUT2D eigenvalue weighted by atomic mass is 10.2. The summed E-state index contributed by atoms with van der Waals surface area (Å²) in [6.07, 6.45) is 1.49. The van der Waals surface area contributed by atoms with Gasteiger partial charge in [0.15, 0.2) is 11.5 Å². The van der Waals surface area contributed by atoms with Crippen molar-refractivity contribution in [3.05, 3.63) is 59.5 Å². The van der Waals surface area contributed by atoms with Crippen LogP contribution in [0.1, 0.15) is 21.8 Å². The van der Waals surface area contributed by atoms with Gasteiger partial charge in [0.2, 0.25) is 11.7 Å². The van der Waals surface area contributed by atoms with Crippen molar-refractivity contribution in [3.63, 3.8) is 0 Å². The number of aryl methyl sites for hydroxylation is 1. The summed E-state index contributed by atoms with van der Waals surface area (Å²) in [6, 6.07) is 12.6. The van der Waals surface area contributed by atoms with Crippen LogP contribution in [0, 0.1) is 6.92 Å². The summed E-state index contributed by atoms with van der Waals surface area (Å²) in [7, 11) is 4.67. The molecule has 29 heavy (non-hydrogen) atoms. The van der Waals surface area contributed by atoms with Gasteiger partial charge in [-0.05, 0) is 42.8 Å². The number of benzene rings is 2. The zero-order valence-electron chi connectivity index (χ0n) is 16.6. The Balaban J connectivity index is 1.75. The second-order valence-electron chi connectivity index (χ2n) is 5.95. The van der Waals surface area contributed by atoms with Crippen molar-refractivity contribution in [3.8, 4) is 28.7 Å². The third kappa shape index (κ3) is 4.37. The molecule has 1 heterocycles. The summed E-state index contributed by atoms with van der Waals surface area (Å²) >= 11 is 0. The molecule has 0 fully saturated rings. The summed E-state index contributed by atoms with van der Waals surface area (Å²) in [5.41, 5.74) is 4.28. The predicted molar refractivity (Wildman–Crippen MR) is 108 cm³/mol. The summed E-state index contributed by atoms with van der Waals surface area (Å²) in [4.78, 5) is 16.8. The van der Waals surface area contributed by atoms with Crippen LogP contribution >= 0.6 is 0 Å². The van der Waals surface area contributed by atoms with Gasteiger partial charge in [-0.3, -0.25) is 4.79 Å². The Bertz CT molecular complexity index is 1040. The number of carbonyl (C=O) groups excluding carboxylic acids is 1. The average molecular weight is 395 g/mol. The van der Waals surface area contributed by atoms with E-state index in [1.165, 1.54) is 6.21 Å². The fourth-order valence-electron chi connectivity index (χ4n) is 2.69. The van der Waals surface area contributed by atoms with Gasteiger partial charge in [-0.2, -0.15) is 5.10 Å². The smallest absolute Gasteiger partial charge is 0.309 e. The van der Waals surface area contributed by atoms with Gasteiger partial charge in [0.05, 0.1) is 38.8 Å². The van der Waals surface area contributed by atoms with Crippen molar-refractivity contribution < 1.29 is 23.4 Å². The quantitative estimate of drug-likeness (QED) is 0.486. The van der Waals surface area contributed by atoms with Crippen molar-refractivity contribution in [2.75, 3.05) is 21.3 Å². The van der Waals surface area contributed by atoms with Crippen molar-refractivity contribution in [2.24, 2.45) is 5.10 Å². The standard InChI is InChI=1S/C21H21N3O5/c1-13-19(29-21(23-13)15-7-5-6-8-16(15)26-2)20(25)24-22-12-14-9-10-17(27-3)18(11-14)28-4/h5-12H,1-4H3,(H,24,25). The van der Waals surface area contributed by atoms with E-state index in [0.29, 0.717) is 34.4 Å². The monoisotopic (exact) mass is 395 g/mol. The number of hydrogen-bond donors (Lipinski definition) is 1. The van der Waals surface area contributed by atoms with Crippen molar-refractivity contribution in [1.29, 1.82) is 0 Å². The van der Waals surface area contributed by atoms with Gasteiger partial charge < -0.3 is 18.6 Å². The lowest BCUT2D eigenvalue weighted by Gasteiger charge is -2.07. The van der Waals surface area contributed by atoms with E-state index in [-0.39, 0.29) is 5.76 Å². The summed E-state index contributed by atoms with van der Waals surface area (Å²) in [5.74, 6) is 1.65. The number of hydrogen-bond acceptors (Lipinski definition) is 7. The molecule has 2 aromatic carbocycles. The number of para-hydroxylation sites is 1. The molecule has 3 aromatic rings. The third-order valence-corrected chi connectivity index (χ3v) is 4.13. The summed E-state index contributed by atoms with van der Waals surface area (Å²) < 4.78 is 21.4. The number of nitrogens with one attached hydrogen (secondary N) is 1. The Morgan fingerprint density at radius 2 is 1.76 bits per heavy atom. The van der Waals surface area contributed by atoms with Gasteiger partial charge in [-0.15, -0.1) is 0 Å². The molecular formula is C21H21N3O5. The van der Waals surface area contributed by atoms with E-state index < -0.39 is 5.91 Å². The lowest BCUT2D eigenvalue weighted by Crippen LogP contribution is -2.17. The zero-order valence-corrected chi connectivity index (χ0v) is 16.6. The van der Waals surface area contributed by atoms with Crippen LogP contribution < -0.4 is 19.6 Å². The highest BCUT2D eigenvalue weighted by molar-refractivity contribution is 5.93. The first-order valence-electron chi connectivity index (χ1n) is 8.73. The van der Waals surface area contributed by atoms with E-state index in [0.717, 1.165) is 5.56 Å². The molecule has 1 aromatic heterocycles. The van der Waals surface area contributed by atoms with Crippen LogP contribution in [-0.2, 0) is 0 Å². The van der Waals surface area contributed by atoms with Gasteiger partial charge in [-0.25, -0.2) is 10.4 Å². The molecule has 0 unspecified atom stereocenters. The second kappa shape index (κ2) is 8.92. The molecule has 1 N–H and O–H groups in total. The van der Waals surface area contributed by atoms with Crippen LogP contribution in [0.4, 0.5) is 0 Å². The van der Waals surface area contributed by atoms with Gasteiger partial charge in [0, 0.05) is 0 Å². The molecule has 0 aliphatic carbocycles. The highest BCUT2D eigenvalue weighted by Gasteiger charge is 2.19. The first-order valence-corrected chi connectivity index (χ1v) is 8.73. The Hall–Kier alpha value is -3.81. The molecule has 0 saturated carbocycles. The third-order valence-electron chi connectivity index (χ3n) is 4.13. The van der Waals surface area contributed by atoms with Crippen LogP contribution in [0.3, 0.4) is 0 Å². The predicted octanol–water partition coefficient (Wildman–Crippen LogP) is 3.44. The topological polar surface area (TPSA) is 95.2 Å². The maximum atomic E-state index is 12.4. The minimum Gasteiger partial charge on any atom is -0.496 e. The molecule has 0 radical (unpaired) electrons. The zero-order chi connectivity index (χ0) is 20.8.